The molecular weight excluding hydrogens is 375 g/mol. The Balaban J connectivity index is 1.56. The largest absolute Gasteiger partial charge is 0.491 e. The van der Waals surface area contributed by atoms with Crippen molar-refractivity contribution in [3.05, 3.63) is 64.5 Å². The molecule has 152 valence electrons. The van der Waals surface area contributed by atoms with E-state index < -0.39 is 5.82 Å². The number of hydrogen-bond donors (Lipinski definition) is 0. The summed E-state index contributed by atoms with van der Waals surface area (Å²) >= 11 is 0. The Labute approximate surface area is 168 Å². The van der Waals surface area contributed by atoms with Crippen LogP contribution in [-0.4, -0.2) is 61.1 Å². The summed E-state index contributed by atoms with van der Waals surface area (Å²) in [7, 11) is 0. The zero-order valence-corrected chi connectivity index (χ0v) is 16.3. The van der Waals surface area contributed by atoms with Crippen molar-refractivity contribution in [3.63, 3.8) is 0 Å². The van der Waals surface area contributed by atoms with E-state index in [9.17, 15) is 14.0 Å². The zero-order valence-electron chi connectivity index (χ0n) is 16.3. The number of carbonyl (C=O) groups is 2. The highest BCUT2D eigenvalue weighted by Gasteiger charge is 2.24. The number of aryl methyl sites for hydroxylation is 1. The SMILES string of the molecule is Cc1ccc(C(=O)N2CCOc3ccc(C(=O)N4CCOCC4)cc3C2)cc1F. The molecule has 0 saturated carbocycles. The Morgan fingerprint density at radius 2 is 1.55 bits per heavy atom. The molecule has 4 rings (SSSR count). The average molecular weight is 398 g/mol. The summed E-state index contributed by atoms with van der Waals surface area (Å²) in [5.41, 5.74) is 2.13. The van der Waals surface area contributed by atoms with Gasteiger partial charge in [-0.3, -0.25) is 9.59 Å². The summed E-state index contributed by atoms with van der Waals surface area (Å²) in [6.07, 6.45) is 0. The second-order valence-corrected chi connectivity index (χ2v) is 7.27. The number of benzene rings is 2. The second-order valence-electron chi connectivity index (χ2n) is 7.27. The topological polar surface area (TPSA) is 59.1 Å². The van der Waals surface area contributed by atoms with Crippen LogP contribution in [0.15, 0.2) is 36.4 Å². The molecule has 29 heavy (non-hydrogen) atoms. The molecule has 0 radical (unpaired) electrons. The molecule has 2 heterocycles. The Hall–Kier alpha value is -2.93. The van der Waals surface area contributed by atoms with E-state index >= 15 is 0 Å². The van der Waals surface area contributed by atoms with Gasteiger partial charge in [-0.1, -0.05) is 6.07 Å². The number of carbonyl (C=O) groups excluding carboxylic acids is 2. The van der Waals surface area contributed by atoms with E-state index in [-0.39, 0.29) is 11.8 Å². The number of fused-ring (bicyclic) bond motifs is 1. The van der Waals surface area contributed by atoms with E-state index in [1.807, 2.05) is 0 Å². The Bertz CT molecular complexity index is 940. The molecule has 0 aromatic heterocycles. The van der Waals surface area contributed by atoms with Crippen molar-refractivity contribution in [3.8, 4) is 5.75 Å². The molecule has 6 nitrogen and oxygen atoms in total. The fourth-order valence-electron chi connectivity index (χ4n) is 3.56. The lowest BCUT2D eigenvalue weighted by Crippen LogP contribution is -2.40. The minimum atomic E-state index is -0.402. The Morgan fingerprint density at radius 3 is 2.31 bits per heavy atom. The number of amides is 2. The number of halogens is 1. The second kappa shape index (κ2) is 8.21. The van der Waals surface area contributed by atoms with Crippen LogP contribution >= 0.6 is 0 Å². The zero-order chi connectivity index (χ0) is 20.4. The monoisotopic (exact) mass is 398 g/mol. The van der Waals surface area contributed by atoms with Crippen molar-refractivity contribution in [1.82, 2.24) is 9.80 Å². The third kappa shape index (κ3) is 4.10. The fraction of sp³-hybridized carbons (Fsp3) is 0.364. The lowest BCUT2D eigenvalue weighted by molar-refractivity contribution is 0.0303. The quantitative estimate of drug-likeness (QED) is 0.781. The smallest absolute Gasteiger partial charge is 0.254 e. The maximum atomic E-state index is 13.9. The van der Waals surface area contributed by atoms with Crippen molar-refractivity contribution in [1.29, 1.82) is 0 Å². The van der Waals surface area contributed by atoms with Gasteiger partial charge in [-0.05, 0) is 42.8 Å². The first-order valence-corrected chi connectivity index (χ1v) is 9.71. The van der Waals surface area contributed by atoms with Crippen LogP contribution in [0.5, 0.6) is 5.75 Å². The van der Waals surface area contributed by atoms with E-state index in [0.717, 1.165) is 5.56 Å². The van der Waals surface area contributed by atoms with E-state index in [1.54, 1.807) is 47.1 Å². The molecule has 2 aromatic rings. The molecular formula is C22H23FN2O4. The first-order chi connectivity index (χ1) is 14.0. The average Bonchev–Trinajstić information content (AvgIpc) is 2.97. The van der Waals surface area contributed by atoms with Gasteiger partial charge >= 0.3 is 0 Å². The van der Waals surface area contributed by atoms with Gasteiger partial charge in [-0.2, -0.15) is 0 Å². The molecule has 2 amide bonds. The molecule has 0 aliphatic carbocycles. The van der Waals surface area contributed by atoms with Gasteiger partial charge in [0.1, 0.15) is 18.2 Å². The lowest BCUT2D eigenvalue weighted by Gasteiger charge is -2.27. The van der Waals surface area contributed by atoms with Crippen LogP contribution < -0.4 is 4.74 Å². The van der Waals surface area contributed by atoms with Crippen LogP contribution in [0.25, 0.3) is 0 Å². The van der Waals surface area contributed by atoms with Crippen molar-refractivity contribution < 1.29 is 23.5 Å². The first-order valence-electron chi connectivity index (χ1n) is 9.71. The molecule has 0 unspecified atom stereocenters. The van der Waals surface area contributed by atoms with Gasteiger partial charge in [0.15, 0.2) is 0 Å². The number of rotatable bonds is 2. The highest BCUT2D eigenvalue weighted by Crippen LogP contribution is 2.26. The van der Waals surface area contributed by atoms with Crippen LogP contribution in [0.2, 0.25) is 0 Å². The van der Waals surface area contributed by atoms with Gasteiger partial charge in [-0.25, -0.2) is 4.39 Å². The maximum Gasteiger partial charge on any atom is 0.254 e. The Kier molecular flexibility index (Phi) is 5.49. The lowest BCUT2D eigenvalue weighted by atomic mass is 10.1. The molecule has 2 aliphatic rings. The van der Waals surface area contributed by atoms with Gasteiger partial charge in [0.2, 0.25) is 0 Å². The van der Waals surface area contributed by atoms with Gasteiger partial charge in [0, 0.05) is 36.3 Å². The van der Waals surface area contributed by atoms with E-state index in [0.29, 0.717) is 68.4 Å². The summed E-state index contributed by atoms with van der Waals surface area (Å²) in [4.78, 5) is 29.1. The third-order valence-electron chi connectivity index (χ3n) is 5.29. The highest BCUT2D eigenvalue weighted by molar-refractivity contribution is 5.95. The van der Waals surface area contributed by atoms with Gasteiger partial charge in [-0.15, -0.1) is 0 Å². The third-order valence-corrected chi connectivity index (χ3v) is 5.29. The minimum absolute atomic E-state index is 0.0566. The molecule has 7 heteroatoms. The summed E-state index contributed by atoms with van der Waals surface area (Å²) in [6.45, 7) is 4.89. The maximum absolute atomic E-state index is 13.9. The predicted octanol–water partition coefficient (Wildman–Crippen LogP) is 2.64. The summed E-state index contributed by atoms with van der Waals surface area (Å²) in [5, 5.41) is 0. The van der Waals surface area contributed by atoms with Crippen molar-refractivity contribution in [2.45, 2.75) is 13.5 Å². The van der Waals surface area contributed by atoms with Gasteiger partial charge in [0.25, 0.3) is 11.8 Å². The van der Waals surface area contributed by atoms with E-state index in [2.05, 4.69) is 0 Å². The van der Waals surface area contributed by atoms with Crippen LogP contribution in [0.4, 0.5) is 4.39 Å². The summed E-state index contributed by atoms with van der Waals surface area (Å²) < 4.78 is 25.0. The summed E-state index contributed by atoms with van der Waals surface area (Å²) in [6, 6.07) is 9.82. The van der Waals surface area contributed by atoms with Gasteiger partial charge in [0.05, 0.1) is 19.8 Å². The van der Waals surface area contributed by atoms with Crippen molar-refractivity contribution >= 4 is 11.8 Å². The molecule has 1 fully saturated rings. The number of morpholine rings is 1. The molecule has 0 bridgehead atoms. The molecule has 2 aromatic carbocycles. The molecule has 1 saturated heterocycles. The normalized spacial score (nSPS) is 16.6. The Morgan fingerprint density at radius 1 is 0.897 bits per heavy atom. The van der Waals surface area contributed by atoms with E-state index in [4.69, 9.17) is 9.47 Å². The van der Waals surface area contributed by atoms with Crippen molar-refractivity contribution in [2.75, 3.05) is 39.5 Å². The number of hydrogen-bond acceptors (Lipinski definition) is 4. The van der Waals surface area contributed by atoms with Crippen LogP contribution in [0.3, 0.4) is 0 Å². The number of nitrogens with zero attached hydrogens (tertiary/aromatic N) is 2. The summed E-state index contributed by atoms with van der Waals surface area (Å²) in [5.74, 6) is -0.0567. The molecule has 0 N–H and O–H groups in total. The van der Waals surface area contributed by atoms with Crippen LogP contribution in [0.1, 0.15) is 31.8 Å². The highest BCUT2D eigenvalue weighted by atomic mass is 19.1. The van der Waals surface area contributed by atoms with Crippen LogP contribution in [0, 0.1) is 12.7 Å². The standard InChI is InChI=1S/C22H23FN2O4/c1-15-2-3-17(13-19(15)23)22(27)25-8-11-29-20-5-4-16(12-18(20)14-25)21(26)24-6-9-28-10-7-24/h2-5,12-13H,6-11,14H2,1H3. The predicted molar refractivity (Wildman–Crippen MR) is 105 cm³/mol. The van der Waals surface area contributed by atoms with Gasteiger partial charge < -0.3 is 19.3 Å². The van der Waals surface area contributed by atoms with E-state index in [1.165, 1.54) is 6.07 Å². The fourth-order valence-corrected chi connectivity index (χ4v) is 3.56. The molecule has 2 aliphatic heterocycles. The first kappa shape index (κ1) is 19.4. The molecule has 0 spiro atoms. The van der Waals surface area contributed by atoms with Crippen molar-refractivity contribution in [2.24, 2.45) is 0 Å². The number of ether oxygens (including phenoxy) is 2. The minimum Gasteiger partial charge on any atom is -0.491 e. The van der Waals surface area contributed by atoms with Crippen LogP contribution in [-0.2, 0) is 11.3 Å². The molecule has 0 atom stereocenters.